The molecule has 0 aromatic heterocycles. The Balaban J connectivity index is 1.59. The van der Waals surface area contributed by atoms with Crippen LogP contribution in [0.1, 0.15) is 51.1 Å². The Hall–Kier alpha value is -2.82. The van der Waals surface area contributed by atoms with Crippen LogP contribution in [0.4, 0.5) is 11.4 Å². The summed E-state index contributed by atoms with van der Waals surface area (Å²) in [6, 6.07) is 17.2. The maximum atomic E-state index is 12.7. The first-order chi connectivity index (χ1) is 13.6. The summed E-state index contributed by atoms with van der Waals surface area (Å²) in [5.74, 6) is 0.192. The van der Waals surface area contributed by atoms with E-state index in [1.165, 1.54) is 0 Å². The van der Waals surface area contributed by atoms with Crippen LogP contribution in [0, 0.1) is 5.92 Å². The number of carbonyl (C=O) groups excluding carboxylic acids is 2. The largest absolute Gasteiger partial charge is 0.374 e. The lowest BCUT2D eigenvalue weighted by Gasteiger charge is -2.22. The van der Waals surface area contributed by atoms with Gasteiger partial charge in [-0.25, -0.2) is 0 Å². The molecule has 2 aromatic rings. The molecule has 1 aliphatic carbocycles. The molecule has 0 heterocycles. The van der Waals surface area contributed by atoms with E-state index < -0.39 is 6.04 Å². The Kier molecular flexibility index (Phi) is 6.69. The van der Waals surface area contributed by atoms with Gasteiger partial charge in [0.05, 0.1) is 6.04 Å². The average molecular weight is 380 g/mol. The van der Waals surface area contributed by atoms with Gasteiger partial charge in [-0.1, -0.05) is 49.7 Å². The van der Waals surface area contributed by atoms with Crippen LogP contribution in [-0.4, -0.2) is 17.9 Å². The Bertz CT molecular complexity index is 803. The first kappa shape index (κ1) is 19.9. The summed E-state index contributed by atoms with van der Waals surface area (Å²) in [6.07, 6.45) is 3.83. The minimum atomic E-state index is -0.391. The average Bonchev–Trinajstić information content (AvgIpc) is 3.54. The first-order valence-electron chi connectivity index (χ1n) is 10.1. The quantitative estimate of drug-likeness (QED) is 0.601. The molecular weight excluding hydrogens is 350 g/mol. The smallest absolute Gasteiger partial charge is 0.242 e. The fourth-order valence-corrected chi connectivity index (χ4v) is 3.19. The summed E-state index contributed by atoms with van der Waals surface area (Å²) in [4.78, 5) is 24.7. The molecule has 5 heteroatoms. The van der Waals surface area contributed by atoms with Crippen LogP contribution in [0.5, 0.6) is 0 Å². The maximum Gasteiger partial charge on any atom is 0.242 e. The second-order valence-corrected chi connectivity index (χ2v) is 7.47. The van der Waals surface area contributed by atoms with Gasteiger partial charge in [-0.2, -0.15) is 0 Å². The van der Waals surface area contributed by atoms with Crippen molar-refractivity contribution in [3.63, 3.8) is 0 Å². The number of anilines is 2. The first-order valence-corrected chi connectivity index (χ1v) is 10.1. The third kappa shape index (κ3) is 5.59. The van der Waals surface area contributed by atoms with Crippen LogP contribution in [0.15, 0.2) is 54.6 Å². The molecule has 5 nitrogen and oxygen atoms in total. The van der Waals surface area contributed by atoms with E-state index in [-0.39, 0.29) is 23.8 Å². The van der Waals surface area contributed by atoms with Gasteiger partial charge in [0.15, 0.2) is 0 Å². The van der Waals surface area contributed by atoms with Crippen LogP contribution in [0.25, 0.3) is 0 Å². The second kappa shape index (κ2) is 9.40. The monoisotopic (exact) mass is 379 g/mol. The Morgan fingerprint density at radius 3 is 2.43 bits per heavy atom. The Labute approximate surface area is 166 Å². The van der Waals surface area contributed by atoms with Crippen molar-refractivity contribution in [2.45, 2.75) is 51.6 Å². The number of nitrogens with one attached hydrogen (secondary N) is 3. The maximum absolute atomic E-state index is 12.7. The predicted molar refractivity (Wildman–Crippen MR) is 113 cm³/mol. The molecule has 1 fully saturated rings. The molecule has 0 saturated heterocycles. The highest BCUT2D eigenvalue weighted by Gasteiger charge is 2.29. The van der Waals surface area contributed by atoms with Crippen molar-refractivity contribution in [3.8, 4) is 0 Å². The lowest BCUT2D eigenvalue weighted by molar-refractivity contribution is -0.122. The van der Waals surface area contributed by atoms with Crippen molar-refractivity contribution < 1.29 is 9.59 Å². The molecule has 148 valence electrons. The van der Waals surface area contributed by atoms with Crippen molar-refractivity contribution in [3.05, 3.63) is 60.2 Å². The summed E-state index contributed by atoms with van der Waals surface area (Å²) < 4.78 is 0. The highest BCUT2D eigenvalue weighted by molar-refractivity contribution is 5.94. The highest BCUT2D eigenvalue weighted by atomic mass is 16.2. The van der Waals surface area contributed by atoms with Crippen molar-refractivity contribution in [1.82, 2.24) is 5.32 Å². The van der Waals surface area contributed by atoms with Crippen LogP contribution in [0.3, 0.4) is 0 Å². The van der Waals surface area contributed by atoms with Crippen molar-refractivity contribution >= 4 is 23.2 Å². The van der Waals surface area contributed by atoms with Gasteiger partial charge in [-0.15, -0.1) is 0 Å². The fraction of sp³-hybridized carbons (Fsp3) is 0.391. The molecule has 1 aliphatic rings. The van der Waals surface area contributed by atoms with Gasteiger partial charge in [0.2, 0.25) is 11.8 Å². The third-order valence-corrected chi connectivity index (χ3v) is 4.95. The molecule has 28 heavy (non-hydrogen) atoms. The Morgan fingerprint density at radius 1 is 1.04 bits per heavy atom. The normalized spacial score (nSPS) is 15.4. The van der Waals surface area contributed by atoms with E-state index in [1.54, 1.807) is 0 Å². The topological polar surface area (TPSA) is 70.2 Å². The van der Waals surface area contributed by atoms with Gasteiger partial charge >= 0.3 is 0 Å². The van der Waals surface area contributed by atoms with E-state index in [4.69, 9.17) is 0 Å². The number of benzene rings is 2. The van der Waals surface area contributed by atoms with Crippen LogP contribution in [-0.2, 0) is 9.59 Å². The molecule has 1 saturated carbocycles. The predicted octanol–water partition coefficient (Wildman–Crippen LogP) is 4.49. The Morgan fingerprint density at radius 2 is 1.75 bits per heavy atom. The van der Waals surface area contributed by atoms with Crippen molar-refractivity contribution in [2.75, 3.05) is 10.6 Å². The van der Waals surface area contributed by atoms with E-state index in [9.17, 15) is 9.59 Å². The summed E-state index contributed by atoms with van der Waals surface area (Å²) in [7, 11) is 0. The van der Waals surface area contributed by atoms with Gasteiger partial charge in [0.25, 0.3) is 0 Å². The highest BCUT2D eigenvalue weighted by Crippen LogP contribution is 2.30. The van der Waals surface area contributed by atoms with Gasteiger partial charge in [-0.3, -0.25) is 9.59 Å². The summed E-state index contributed by atoms with van der Waals surface area (Å²) in [6.45, 7) is 3.96. The van der Waals surface area contributed by atoms with Crippen LogP contribution in [0.2, 0.25) is 0 Å². The molecule has 2 aromatic carbocycles. The van der Waals surface area contributed by atoms with Gasteiger partial charge in [0, 0.05) is 17.3 Å². The number of rotatable bonds is 9. The zero-order chi connectivity index (χ0) is 19.9. The zero-order valence-electron chi connectivity index (χ0n) is 16.6. The lowest BCUT2D eigenvalue weighted by atomic mass is 10.0. The van der Waals surface area contributed by atoms with Crippen molar-refractivity contribution in [2.24, 2.45) is 5.92 Å². The van der Waals surface area contributed by atoms with E-state index in [1.807, 2.05) is 61.5 Å². The SMILES string of the molecule is CCCC(NC(=O)C(C)Nc1cccc(NC(=O)C2CC2)c1)c1ccccc1. The molecule has 0 bridgehead atoms. The summed E-state index contributed by atoms with van der Waals surface area (Å²) in [5.41, 5.74) is 2.68. The number of carbonyl (C=O) groups is 2. The standard InChI is InChI=1S/C23H29N3O2/c1-3-8-21(17-9-5-4-6-10-17)26-22(27)16(2)24-19-11-7-12-20(15-19)25-23(28)18-13-14-18/h4-7,9-12,15-16,18,21,24H,3,8,13-14H2,1-2H3,(H,25,28)(H,26,27). The van der Waals surface area contributed by atoms with Gasteiger partial charge in [-0.05, 0) is 49.9 Å². The van der Waals surface area contributed by atoms with Crippen molar-refractivity contribution in [1.29, 1.82) is 0 Å². The van der Waals surface area contributed by atoms with E-state index in [0.717, 1.165) is 42.6 Å². The van der Waals surface area contributed by atoms with E-state index >= 15 is 0 Å². The third-order valence-electron chi connectivity index (χ3n) is 4.95. The fourth-order valence-electron chi connectivity index (χ4n) is 3.19. The molecular formula is C23H29N3O2. The number of hydrogen-bond donors (Lipinski definition) is 3. The molecule has 0 aliphatic heterocycles. The van der Waals surface area contributed by atoms with E-state index in [0.29, 0.717) is 0 Å². The molecule has 3 rings (SSSR count). The van der Waals surface area contributed by atoms with Gasteiger partial charge in [0.1, 0.15) is 6.04 Å². The number of amides is 2. The molecule has 2 amide bonds. The molecule has 3 N–H and O–H groups in total. The summed E-state index contributed by atoms with van der Waals surface area (Å²) in [5, 5.41) is 9.33. The summed E-state index contributed by atoms with van der Waals surface area (Å²) >= 11 is 0. The molecule has 0 spiro atoms. The number of hydrogen-bond acceptors (Lipinski definition) is 3. The minimum absolute atomic E-state index is 0.00659. The molecule has 0 radical (unpaired) electrons. The molecule has 2 unspecified atom stereocenters. The second-order valence-electron chi connectivity index (χ2n) is 7.47. The van der Waals surface area contributed by atoms with E-state index in [2.05, 4.69) is 22.9 Å². The van der Waals surface area contributed by atoms with Crippen LogP contribution < -0.4 is 16.0 Å². The minimum Gasteiger partial charge on any atom is -0.374 e. The zero-order valence-corrected chi connectivity index (χ0v) is 16.6. The lowest BCUT2D eigenvalue weighted by Crippen LogP contribution is -2.39. The molecule has 2 atom stereocenters. The van der Waals surface area contributed by atoms with Crippen LogP contribution >= 0.6 is 0 Å². The van der Waals surface area contributed by atoms with Gasteiger partial charge < -0.3 is 16.0 Å².